The smallest absolute Gasteiger partial charge is 0.343 e. The van der Waals surface area contributed by atoms with E-state index in [0.29, 0.717) is 25.3 Å². The summed E-state index contributed by atoms with van der Waals surface area (Å²) in [6.45, 7) is 2.54. The molecule has 1 aromatic rings. The molecule has 1 heterocycles. The van der Waals surface area contributed by atoms with Gasteiger partial charge in [-0.25, -0.2) is 4.79 Å². The fourth-order valence-corrected chi connectivity index (χ4v) is 4.88. The van der Waals surface area contributed by atoms with Crippen LogP contribution in [0.5, 0.6) is 5.75 Å². The summed E-state index contributed by atoms with van der Waals surface area (Å²) in [5.41, 5.74) is 0.787. The first kappa shape index (κ1) is 25.8. The van der Waals surface area contributed by atoms with Crippen molar-refractivity contribution < 1.29 is 23.9 Å². The van der Waals surface area contributed by atoms with E-state index in [1.54, 1.807) is 23.1 Å². The molecule has 11 heteroatoms. The van der Waals surface area contributed by atoms with Crippen molar-refractivity contribution in [2.75, 3.05) is 38.7 Å². The van der Waals surface area contributed by atoms with Gasteiger partial charge in [-0.1, -0.05) is 6.07 Å². The zero-order chi connectivity index (χ0) is 24.2. The lowest BCUT2D eigenvalue weighted by atomic mass is 10.1. The molecule has 0 radical (unpaired) electrons. The summed E-state index contributed by atoms with van der Waals surface area (Å²) >= 11 is 1.45. The number of hydrogen-bond donors (Lipinski definition) is 2. The van der Waals surface area contributed by atoms with E-state index >= 15 is 0 Å². The molecule has 3 unspecified atom stereocenters. The Bertz CT molecular complexity index is 928. The summed E-state index contributed by atoms with van der Waals surface area (Å²) < 4.78 is 9.93. The Balaban J connectivity index is 1.89. The molecule has 2 rings (SSSR count). The first-order valence-corrected chi connectivity index (χ1v) is 11.4. The van der Waals surface area contributed by atoms with E-state index in [9.17, 15) is 19.6 Å². The average molecular weight is 474 g/mol. The number of benzene rings is 1. The predicted molar refractivity (Wildman–Crippen MR) is 122 cm³/mol. The minimum Gasteiger partial charge on any atom is -0.482 e. The second-order valence-corrected chi connectivity index (χ2v) is 8.49. The van der Waals surface area contributed by atoms with Crippen molar-refractivity contribution in [1.29, 1.82) is 10.5 Å². The molecule has 0 bridgehead atoms. The summed E-state index contributed by atoms with van der Waals surface area (Å²) in [6, 6.07) is 10.9. The van der Waals surface area contributed by atoms with Crippen LogP contribution in [0.3, 0.4) is 0 Å². The first-order chi connectivity index (χ1) is 15.9. The maximum atomic E-state index is 12.8. The molecule has 0 aliphatic carbocycles. The van der Waals surface area contributed by atoms with Crippen LogP contribution in [0.25, 0.3) is 0 Å². The van der Waals surface area contributed by atoms with Crippen LogP contribution in [-0.2, 0) is 19.1 Å². The predicted octanol–water partition coefficient (Wildman–Crippen LogP) is 1.50. The SMILES string of the molecule is CCN1C(=O)C(CCNc2cccc(OCC(=O)OC)c2)SC1CC(C#N)C(=O)NCC#N. The van der Waals surface area contributed by atoms with Crippen LogP contribution in [0, 0.1) is 28.6 Å². The Morgan fingerprint density at radius 3 is 2.79 bits per heavy atom. The van der Waals surface area contributed by atoms with Gasteiger partial charge in [-0.2, -0.15) is 10.5 Å². The van der Waals surface area contributed by atoms with E-state index in [4.69, 9.17) is 10.00 Å². The van der Waals surface area contributed by atoms with Gasteiger partial charge in [-0.3, -0.25) is 9.59 Å². The van der Waals surface area contributed by atoms with Gasteiger partial charge in [-0.05, 0) is 25.5 Å². The lowest BCUT2D eigenvalue weighted by Crippen LogP contribution is -2.38. The van der Waals surface area contributed by atoms with Crippen LogP contribution in [-0.4, -0.2) is 66.7 Å². The Hall–Kier alpha value is -3.44. The molecule has 2 amide bonds. The highest BCUT2D eigenvalue weighted by Gasteiger charge is 2.40. The third-order valence-corrected chi connectivity index (χ3v) is 6.50. The average Bonchev–Trinajstić information content (AvgIpc) is 3.13. The Labute approximate surface area is 197 Å². The number of carbonyl (C=O) groups is 3. The molecular weight excluding hydrogens is 446 g/mol. The number of methoxy groups -OCH3 is 1. The highest BCUT2D eigenvalue weighted by molar-refractivity contribution is 8.01. The largest absolute Gasteiger partial charge is 0.482 e. The molecule has 0 spiro atoms. The molecule has 33 heavy (non-hydrogen) atoms. The van der Waals surface area contributed by atoms with Crippen molar-refractivity contribution in [2.45, 2.75) is 30.4 Å². The monoisotopic (exact) mass is 473 g/mol. The summed E-state index contributed by atoms with van der Waals surface area (Å²) in [4.78, 5) is 37.8. The first-order valence-electron chi connectivity index (χ1n) is 10.5. The fraction of sp³-hybridized carbons (Fsp3) is 0.500. The molecule has 0 saturated carbocycles. The number of hydrogen-bond acceptors (Lipinski definition) is 9. The zero-order valence-corrected chi connectivity index (χ0v) is 19.4. The number of thioether (sulfide) groups is 1. The molecule has 1 aromatic carbocycles. The number of anilines is 1. The van der Waals surface area contributed by atoms with Crippen LogP contribution < -0.4 is 15.4 Å². The second kappa shape index (κ2) is 13.2. The highest BCUT2D eigenvalue weighted by atomic mass is 32.2. The molecule has 1 aliphatic rings. The summed E-state index contributed by atoms with van der Waals surface area (Å²) in [7, 11) is 1.29. The zero-order valence-electron chi connectivity index (χ0n) is 18.6. The molecule has 1 fully saturated rings. The van der Waals surface area contributed by atoms with E-state index in [0.717, 1.165) is 5.69 Å². The minimum absolute atomic E-state index is 0.0152. The van der Waals surface area contributed by atoms with E-state index in [1.807, 2.05) is 25.1 Å². The molecule has 3 atom stereocenters. The van der Waals surface area contributed by atoms with Gasteiger partial charge in [0.2, 0.25) is 11.8 Å². The van der Waals surface area contributed by atoms with Gasteiger partial charge in [0.1, 0.15) is 18.2 Å². The van der Waals surface area contributed by atoms with Crippen molar-refractivity contribution >= 4 is 35.2 Å². The second-order valence-electron chi connectivity index (χ2n) is 7.11. The molecule has 1 aliphatic heterocycles. The quantitative estimate of drug-likeness (QED) is 0.341. The minimum atomic E-state index is -0.928. The molecule has 1 saturated heterocycles. The van der Waals surface area contributed by atoms with Crippen molar-refractivity contribution in [3.63, 3.8) is 0 Å². The summed E-state index contributed by atoms with van der Waals surface area (Å²) in [5.74, 6) is -1.39. The van der Waals surface area contributed by atoms with Crippen LogP contribution >= 0.6 is 11.8 Å². The van der Waals surface area contributed by atoms with Crippen LogP contribution in [0.15, 0.2) is 24.3 Å². The van der Waals surface area contributed by atoms with Gasteiger partial charge in [0, 0.05) is 31.3 Å². The van der Waals surface area contributed by atoms with E-state index in [2.05, 4.69) is 15.4 Å². The van der Waals surface area contributed by atoms with E-state index < -0.39 is 17.8 Å². The van der Waals surface area contributed by atoms with Crippen molar-refractivity contribution in [3.05, 3.63) is 24.3 Å². The lowest BCUT2D eigenvalue weighted by molar-refractivity contribution is -0.143. The third kappa shape index (κ3) is 7.58. The molecule has 176 valence electrons. The maximum absolute atomic E-state index is 12.8. The van der Waals surface area contributed by atoms with Crippen molar-refractivity contribution in [1.82, 2.24) is 10.2 Å². The van der Waals surface area contributed by atoms with E-state index in [-0.39, 0.29) is 36.1 Å². The molecule has 10 nitrogen and oxygen atoms in total. The summed E-state index contributed by atoms with van der Waals surface area (Å²) in [5, 5.41) is 23.1. The number of esters is 1. The van der Waals surface area contributed by atoms with Gasteiger partial charge >= 0.3 is 5.97 Å². The Kier molecular flexibility index (Phi) is 10.3. The standard InChI is InChI=1S/C22H27N5O5S/c1-3-27-19(11-15(13-24)21(29)26-10-8-23)33-18(22(27)30)7-9-25-16-5-4-6-17(12-16)32-14-20(28)31-2/h4-6,12,15,18-19,25H,3,7,9-11,14H2,1-2H3,(H,26,29). The third-order valence-electron chi connectivity index (χ3n) is 4.97. The molecule has 2 N–H and O–H groups in total. The van der Waals surface area contributed by atoms with Crippen molar-refractivity contribution in [3.8, 4) is 17.9 Å². The number of ether oxygens (including phenoxy) is 2. The number of nitrogens with zero attached hydrogens (tertiary/aromatic N) is 3. The Morgan fingerprint density at radius 2 is 2.12 bits per heavy atom. The number of rotatable bonds is 12. The van der Waals surface area contributed by atoms with Gasteiger partial charge in [0.05, 0.1) is 29.9 Å². The van der Waals surface area contributed by atoms with Crippen LogP contribution in [0.2, 0.25) is 0 Å². The Morgan fingerprint density at radius 1 is 1.33 bits per heavy atom. The maximum Gasteiger partial charge on any atom is 0.343 e. The van der Waals surface area contributed by atoms with E-state index in [1.165, 1.54) is 18.9 Å². The molecular formula is C22H27N5O5S. The van der Waals surface area contributed by atoms with Crippen molar-refractivity contribution in [2.24, 2.45) is 5.92 Å². The number of nitrogens with one attached hydrogen (secondary N) is 2. The normalized spacial score (nSPS) is 18.1. The van der Waals surface area contributed by atoms with Gasteiger partial charge in [0.25, 0.3) is 0 Å². The number of carbonyl (C=O) groups excluding carboxylic acids is 3. The fourth-order valence-electron chi connectivity index (χ4n) is 3.30. The summed E-state index contributed by atoms with van der Waals surface area (Å²) in [6.07, 6.45) is 0.767. The highest BCUT2D eigenvalue weighted by Crippen LogP contribution is 2.37. The van der Waals surface area contributed by atoms with Gasteiger partial charge in [0.15, 0.2) is 6.61 Å². The van der Waals surface area contributed by atoms with Gasteiger partial charge < -0.3 is 25.0 Å². The topological polar surface area (TPSA) is 145 Å². The lowest BCUT2D eigenvalue weighted by Gasteiger charge is -2.23. The number of amides is 2. The van der Waals surface area contributed by atoms with Crippen LogP contribution in [0.1, 0.15) is 19.8 Å². The van der Waals surface area contributed by atoms with Crippen LogP contribution in [0.4, 0.5) is 5.69 Å². The number of nitriles is 2. The van der Waals surface area contributed by atoms with Gasteiger partial charge in [-0.15, -0.1) is 11.8 Å². The molecule has 0 aromatic heterocycles.